The summed E-state index contributed by atoms with van der Waals surface area (Å²) >= 11 is 0. The summed E-state index contributed by atoms with van der Waals surface area (Å²) in [5.41, 5.74) is 21.7. The maximum Gasteiger partial charge on any atom is -0.000139 e. The molecule has 0 aromatic heterocycles. The Labute approximate surface area is 399 Å². The minimum absolute atomic E-state index is 1.18. The minimum Gasteiger partial charge on any atom is -0.0622 e. The summed E-state index contributed by atoms with van der Waals surface area (Å²) in [6.07, 6.45) is 0. The molecule has 0 N–H and O–H groups in total. The fourth-order valence-electron chi connectivity index (χ4n) is 10.4. The van der Waals surface area contributed by atoms with Gasteiger partial charge in [0, 0.05) is 0 Å². The number of benzene rings is 12. The monoisotopic (exact) mass is 864 g/mol. The molecule has 0 aliphatic heterocycles. The summed E-state index contributed by atoms with van der Waals surface area (Å²) in [7, 11) is 0. The van der Waals surface area contributed by atoms with Gasteiger partial charge in [0.15, 0.2) is 0 Å². The molecule has 0 saturated heterocycles. The Kier molecular flexibility index (Phi) is 10.4. The van der Waals surface area contributed by atoms with Crippen LogP contribution in [0.15, 0.2) is 255 Å². The molecule has 12 aromatic rings. The van der Waals surface area contributed by atoms with Crippen molar-refractivity contribution in [1.82, 2.24) is 0 Å². The van der Waals surface area contributed by atoms with Gasteiger partial charge >= 0.3 is 0 Å². The molecule has 0 bridgehead atoms. The Hall–Kier alpha value is -8.58. The molecule has 0 aliphatic rings. The van der Waals surface area contributed by atoms with Crippen LogP contribution in [0.4, 0.5) is 0 Å². The molecule has 12 aromatic carbocycles. The normalized spacial score (nSPS) is 11.4. The van der Waals surface area contributed by atoms with E-state index in [9.17, 15) is 0 Å². The SMILES string of the molecule is Cc1ccc(-c2c3cc(-c4ccccc4)ccc3c(-c3ccc(-c4ccccc4)cc3)c3c(-c4ccc(C)cc4)c4cc(-c5ccccc5)ccc4c(-c4ccc(-c5ccccc5)cc4)c23)cc1. The number of hydrogen-bond acceptors (Lipinski definition) is 0. The first-order valence-electron chi connectivity index (χ1n) is 23.7. The third-order valence-corrected chi connectivity index (χ3v) is 13.8. The van der Waals surface area contributed by atoms with Crippen molar-refractivity contribution in [3.8, 4) is 89.0 Å². The van der Waals surface area contributed by atoms with Crippen molar-refractivity contribution >= 4 is 32.3 Å². The van der Waals surface area contributed by atoms with E-state index in [1.165, 1.54) is 132 Å². The first-order valence-corrected chi connectivity index (χ1v) is 23.7. The Balaban J connectivity index is 1.32. The lowest BCUT2D eigenvalue weighted by atomic mass is 9.76. The lowest BCUT2D eigenvalue weighted by Crippen LogP contribution is -1.98. The zero-order chi connectivity index (χ0) is 45.6. The average molecular weight is 865 g/mol. The highest BCUT2D eigenvalue weighted by Gasteiger charge is 2.27. The molecule has 320 valence electrons. The third kappa shape index (κ3) is 7.38. The maximum atomic E-state index is 2.46. The van der Waals surface area contributed by atoms with Gasteiger partial charge in [0.1, 0.15) is 0 Å². The van der Waals surface area contributed by atoms with Crippen LogP contribution < -0.4 is 0 Å². The van der Waals surface area contributed by atoms with Crippen LogP contribution in [0.2, 0.25) is 0 Å². The van der Waals surface area contributed by atoms with Gasteiger partial charge in [0.2, 0.25) is 0 Å². The molecule has 0 radical (unpaired) electrons. The van der Waals surface area contributed by atoms with Gasteiger partial charge in [-0.15, -0.1) is 0 Å². The Bertz CT molecular complexity index is 3500. The molecule has 0 nitrogen and oxygen atoms in total. The van der Waals surface area contributed by atoms with Gasteiger partial charge in [0.25, 0.3) is 0 Å². The van der Waals surface area contributed by atoms with Crippen LogP contribution >= 0.6 is 0 Å². The second kappa shape index (κ2) is 17.3. The van der Waals surface area contributed by atoms with Crippen LogP contribution in [0.3, 0.4) is 0 Å². The van der Waals surface area contributed by atoms with Gasteiger partial charge in [-0.25, -0.2) is 0 Å². The average Bonchev–Trinajstić information content (AvgIpc) is 3.41. The van der Waals surface area contributed by atoms with Crippen LogP contribution in [0.25, 0.3) is 121 Å². The summed E-state index contributed by atoms with van der Waals surface area (Å²) in [6, 6.07) is 94.5. The van der Waals surface area contributed by atoms with Crippen molar-refractivity contribution < 1.29 is 0 Å². The molecule has 0 fully saturated rings. The van der Waals surface area contributed by atoms with Gasteiger partial charge in [-0.2, -0.15) is 0 Å². The number of hydrogen-bond donors (Lipinski definition) is 0. The maximum absolute atomic E-state index is 2.46. The first kappa shape index (κ1) is 40.9. The van der Waals surface area contributed by atoms with Crippen molar-refractivity contribution in [2.24, 2.45) is 0 Å². The molecule has 68 heavy (non-hydrogen) atoms. The van der Waals surface area contributed by atoms with E-state index in [-0.39, 0.29) is 0 Å². The minimum atomic E-state index is 1.18. The Morgan fingerprint density at radius 1 is 0.176 bits per heavy atom. The zero-order valence-electron chi connectivity index (χ0n) is 38.2. The molecule has 0 amide bonds. The quantitative estimate of drug-likeness (QED) is 0.134. The smallest absolute Gasteiger partial charge is 0.000139 e. The highest BCUT2D eigenvalue weighted by Crippen LogP contribution is 2.54. The van der Waals surface area contributed by atoms with Crippen LogP contribution in [0, 0.1) is 13.8 Å². The van der Waals surface area contributed by atoms with Crippen molar-refractivity contribution in [3.63, 3.8) is 0 Å². The predicted octanol–water partition coefficient (Wildman–Crippen LogP) is 19.1. The third-order valence-electron chi connectivity index (χ3n) is 13.8. The van der Waals surface area contributed by atoms with Crippen molar-refractivity contribution in [2.45, 2.75) is 13.8 Å². The number of rotatable bonds is 8. The lowest BCUT2D eigenvalue weighted by Gasteiger charge is -2.26. The summed E-state index contributed by atoms with van der Waals surface area (Å²) in [6.45, 7) is 4.37. The molecule has 0 atom stereocenters. The van der Waals surface area contributed by atoms with E-state index in [1.807, 2.05) is 0 Å². The van der Waals surface area contributed by atoms with Crippen molar-refractivity contribution in [1.29, 1.82) is 0 Å². The van der Waals surface area contributed by atoms with Gasteiger partial charge in [-0.05, 0) is 147 Å². The molecule has 0 aliphatic carbocycles. The lowest BCUT2D eigenvalue weighted by molar-refractivity contribution is 1.47. The summed E-state index contributed by atoms with van der Waals surface area (Å²) in [5, 5.41) is 7.38. The second-order valence-corrected chi connectivity index (χ2v) is 18.1. The predicted molar refractivity (Wildman–Crippen MR) is 292 cm³/mol. The highest BCUT2D eigenvalue weighted by molar-refractivity contribution is 6.34. The molecule has 0 heteroatoms. The van der Waals surface area contributed by atoms with E-state index in [0.29, 0.717) is 0 Å². The van der Waals surface area contributed by atoms with Crippen LogP contribution in [0.5, 0.6) is 0 Å². The standard InChI is InChI=1S/C68H48/c1-45-23-27-53(28-24-45)65-61-43-57(49-19-11-5-12-20-49)39-41-59(61)64(56-37-33-52(34-38-56)48-17-9-4-10-18-48)68-66(54-29-25-46(2)26-30-54)62-44-58(50-21-13-6-14-22-50)40-42-60(62)63(67(65)68)55-35-31-51(32-36-55)47-15-7-3-8-16-47/h3-44H,1-2H3. The van der Waals surface area contributed by atoms with Gasteiger partial charge in [-0.1, -0.05) is 254 Å². The largest absolute Gasteiger partial charge is 0.0622 e. The van der Waals surface area contributed by atoms with Gasteiger partial charge in [-0.3, -0.25) is 0 Å². The van der Waals surface area contributed by atoms with E-state index >= 15 is 0 Å². The number of fused-ring (bicyclic) bond motifs is 3. The number of aryl methyl sites for hydroxylation is 2. The van der Waals surface area contributed by atoms with Gasteiger partial charge < -0.3 is 0 Å². The molecule has 0 spiro atoms. The van der Waals surface area contributed by atoms with E-state index in [1.54, 1.807) is 0 Å². The van der Waals surface area contributed by atoms with Crippen molar-refractivity contribution in [3.05, 3.63) is 266 Å². The Morgan fingerprint density at radius 3 is 0.706 bits per heavy atom. The molecule has 0 saturated carbocycles. The van der Waals surface area contributed by atoms with E-state index in [2.05, 4.69) is 269 Å². The topological polar surface area (TPSA) is 0 Å². The highest BCUT2D eigenvalue weighted by atomic mass is 14.3. The molecule has 0 heterocycles. The second-order valence-electron chi connectivity index (χ2n) is 18.1. The van der Waals surface area contributed by atoms with Crippen molar-refractivity contribution in [2.75, 3.05) is 0 Å². The van der Waals surface area contributed by atoms with Gasteiger partial charge in [0.05, 0.1) is 0 Å². The van der Waals surface area contributed by atoms with E-state index in [4.69, 9.17) is 0 Å². The van der Waals surface area contributed by atoms with Crippen LogP contribution in [0.1, 0.15) is 11.1 Å². The fraction of sp³-hybridized carbons (Fsp3) is 0.0294. The molecule has 0 unspecified atom stereocenters. The first-order chi connectivity index (χ1) is 33.6. The summed E-state index contributed by atoms with van der Waals surface area (Å²) in [4.78, 5) is 0. The Morgan fingerprint density at radius 2 is 0.397 bits per heavy atom. The zero-order valence-corrected chi connectivity index (χ0v) is 38.2. The summed E-state index contributed by atoms with van der Waals surface area (Å²) in [5.74, 6) is 0. The fourth-order valence-corrected chi connectivity index (χ4v) is 10.4. The molecular formula is C68H48. The van der Waals surface area contributed by atoms with Crippen LogP contribution in [-0.4, -0.2) is 0 Å². The van der Waals surface area contributed by atoms with Crippen LogP contribution in [-0.2, 0) is 0 Å². The summed E-state index contributed by atoms with van der Waals surface area (Å²) < 4.78 is 0. The molecular weight excluding hydrogens is 817 g/mol. The van der Waals surface area contributed by atoms with E-state index < -0.39 is 0 Å². The van der Waals surface area contributed by atoms with E-state index in [0.717, 1.165) is 0 Å². The molecule has 12 rings (SSSR count).